The number of rotatable bonds is 4. The molecule has 0 N–H and O–H groups in total. The number of benzene rings is 10. The van der Waals surface area contributed by atoms with Gasteiger partial charge in [0.05, 0.1) is 35.1 Å². The third-order valence-electron chi connectivity index (χ3n) is 18.5. The molecule has 0 spiro atoms. The van der Waals surface area contributed by atoms with Crippen molar-refractivity contribution >= 4 is 132 Å². The Morgan fingerprint density at radius 1 is 0.512 bits per heavy atom. The van der Waals surface area contributed by atoms with E-state index >= 15 is 0 Å². The molecular formula is C76H66BN3OS. The monoisotopic (exact) mass is 1090 g/mol. The Hall–Kier alpha value is -8.32. The molecule has 0 bridgehead atoms. The molecule has 0 radical (unpaired) electrons. The van der Waals surface area contributed by atoms with Crippen molar-refractivity contribution < 1.29 is 18.1 Å². The minimum absolute atomic E-state index is 0.0412. The minimum Gasteiger partial charge on any atom is -0.456 e. The van der Waals surface area contributed by atoms with Crippen molar-refractivity contribution in [2.75, 3.05) is 9.80 Å². The van der Waals surface area contributed by atoms with E-state index in [-0.39, 0.29) is 38.5 Å². The summed E-state index contributed by atoms with van der Waals surface area (Å²) in [7, 11) is 0. The summed E-state index contributed by atoms with van der Waals surface area (Å²) in [5, 5.41) is 6.16. The number of aromatic nitrogens is 1. The van der Waals surface area contributed by atoms with Gasteiger partial charge in [0, 0.05) is 71.1 Å². The van der Waals surface area contributed by atoms with Crippen molar-refractivity contribution in [2.45, 2.75) is 104 Å². The molecular weight excluding hydrogens is 1010 g/mol. The first-order valence-electron chi connectivity index (χ1n) is 33.7. The van der Waals surface area contributed by atoms with E-state index in [0.29, 0.717) is 33.7 Å². The van der Waals surface area contributed by atoms with Crippen LogP contribution >= 0.6 is 11.3 Å². The fourth-order valence-electron chi connectivity index (χ4n) is 14.1. The third kappa shape index (κ3) is 7.09. The van der Waals surface area contributed by atoms with Gasteiger partial charge in [-0.1, -0.05) is 178 Å². The Morgan fingerprint density at radius 2 is 1.12 bits per heavy atom. The number of anilines is 6. The van der Waals surface area contributed by atoms with E-state index in [4.69, 9.17) is 9.90 Å². The standard InChI is InChI=1S/C76H66BN3OS/c1-73(2,3)47-29-35-59-54(41-47)55-42-48(74(4,5)6)30-36-60(55)79(59)51-32-34-58-61(44-51)78(49-23-15-12-16-24-49)62-39-46(45-21-13-11-14-22-45)40-63-68(62)77(58)69-70(80(63)50-31-33-56-57(43-50)76(9,10)38-37-75(56,7)8)72-67(53-26-18-20-28-65(53)82-72)66-52-25-17-19-27-64(52)81-71(66)69/h11-36,39-44H,37-38H2,1-10H3/i11D,12D,13D,14D,15D,16D,21D,22D,23D,24D. The summed E-state index contributed by atoms with van der Waals surface area (Å²) in [6, 6.07) is 42.2. The van der Waals surface area contributed by atoms with E-state index in [9.17, 15) is 8.22 Å². The van der Waals surface area contributed by atoms with E-state index in [1.54, 1.807) is 16.2 Å². The lowest BCUT2D eigenvalue weighted by Crippen LogP contribution is -2.61. The zero-order valence-corrected chi connectivity index (χ0v) is 48.7. The number of hydrogen-bond donors (Lipinski definition) is 0. The van der Waals surface area contributed by atoms with E-state index in [1.807, 2.05) is 30.3 Å². The molecule has 4 nitrogen and oxygen atoms in total. The maximum absolute atomic E-state index is 10.0. The van der Waals surface area contributed by atoms with Gasteiger partial charge < -0.3 is 18.8 Å². The molecule has 3 aromatic heterocycles. The van der Waals surface area contributed by atoms with Gasteiger partial charge in [-0.2, -0.15) is 0 Å². The predicted octanol–water partition coefficient (Wildman–Crippen LogP) is 19.7. The van der Waals surface area contributed by atoms with Gasteiger partial charge in [-0.25, -0.2) is 0 Å². The number of fused-ring (bicyclic) bond motifs is 17. The molecule has 3 aliphatic rings. The maximum Gasteiger partial charge on any atom is 0.257 e. The zero-order valence-electron chi connectivity index (χ0n) is 57.9. The Balaban J connectivity index is 1.12. The van der Waals surface area contributed by atoms with Crippen LogP contribution in [0.5, 0.6) is 0 Å². The maximum atomic E-state index is 10.0. The number of hydrogen-bond acceptors (Lipinski definition) is 4. The fourth-order valence-corrected chi connectivity index (χ4v) is 15.4. The first kappa shape index (κ1) is 40.0. The molecule has 1 aliphatic carbocycles. The average Bonchev–Trinajstić information content (AvgIpc) is 1.01. The summed E-state index contributed by atoms with van der Waals surface area (Å²) in [5.41, 5.74) is 13.9. The van der Waals surface area contributed by atoms with Gasteiger partial charge in [0.1, 0.15) is 11.2 Å². The Bertz CT molecular complexity index is 5360. The number of nitrogens with zero attached hydrogens (tertiary/aromatic N) is 3. The molecule has 0 amide bonds. The first-order chi connectivity index (χ1) is 43.6. The van der Waals surface area contributed by atoms with Crippen LogP contribution in [-0.4, -0.2) is 11.3 Å². The second-order valence-corrected chi connectivity index (χ2v) is 27.5. The van der Waals surface area contributed by atoms with Gasteiger partial charge in [0.25, 0.3) is 6.71 Å². The van der Waals surface area contributed by atoms with Crippen molar-refractivity contribution in [3.05, 3.63) is 216 Å². The molecule has 6 heteroatoms. The molecule has 0 unspecified atom stereocenters. The van der Waals surface area contributed by atoms with Gasteiger partial charge >= 0.3 is 0 Å². The van der Waals surface area contributed by atoms with Crippen LogP contribution in [-0.2, 0) is 21.7 Å². The highest BCUT2D eigenvalue weighted by Gasteiger charge is 2.48. The highest BCUT2D eigenvalue weighted by molar-refractivity contribution is 7.27. The molecule has 2 aliphatic heterocycles. The van der Waals surface area contributed by atoms with Crippen LogP contribution < -0.4 is 26.2 Å². The number of para-hydroxylation sites is 2. The Labute approximate surface area is 499 Å². The quantitative estimate of drug-likeness (QED) is 0.164. The minimum atomic E-state index is -0.696. The van der Waals surface area contributed by atoms with Gasteiger partial charge in [-0.15, -0.1) is 11.3 Å². The van der Waals surface area contributed by atoms with Crippen LogP contribution in [0.4, 0.5) is 34.1 Å². The van der Waals surface area contributed by atoms with E-state index in [1.165, 1.54) is 22.3 Å². The second-order valence-electron chi connectivity index (χ2n) is 26.4. The summed E-state index contributed by atoms with van der Waals surface area (Å²) >= 11 is 1.71. The largest absolute Gasteiger partial charge is 0.456 e. The molecule has 10 aromatic carbocycles. The lowest BCUT2D eigenvalue weighted by Gasteiger charge is -2.46. The molecule has 82 heavy (non-hydrogen) atoms. The molecule has 5 heterocycles. The summed E-state index contributed by atoms with van der Waals surface area (Å²) in [5.74, 6) is 0. The van der Waals surface area contributed by atoms with Crippen LogP contribution in [0.3, 0.4) is 0 Å². The first-order valence-corrected chi connectivity index (χ1v) is 29.5. The highest BCUT2D eigenvalue weighted by Crippen LogP contribution is 2.55. The predicted molar refractivity (Wildman–Crippen MR) is 353 cm³/mol. The molecule has 0 fully saturated rings. The lowest BCUT2D eigenvalue weighted by atomic mass is 9.33. The highest BCUT2D eigenvalue weighted by atomic mass is 32.1. The molecule has 400 valence electrons. The van der Waals surface area contributed by atoms with Crippen LogP contribution in [0.2, 0.25) is 0 Å². The molecule has 0 saturated heterocycles. The van der Waals surface area contributed by atoms with Crippen molar-refractivity contribution in [1.82, 2.24) is 4.57 Å². The molecule has 0 atom stereocenters. The van der Waals surface area contributed by atoms with Gasteiger partial charge in [0.2, 0.25) is 0 Å². The van der Waals surface area contributed by atoms with Crippen molar-refractivity contribution in [1.29, 1.82) is 0 Å². The molecule has 16 rings (SSSR count). The number of thiophene rings is 1. The topological polar surface area (TPSA) is 24.6 Å². The SMILES string of the molecule is [2H]c1c([2H])c([2H])c(-c2cc3c4c(c2)N(c2ccc5c(c2)C(C)(C)CCC5(C)C)c2c(c5oc6ccccc6c5c5c2sc2ccccc25)B4c2ccc(-n4c5ccc(C(C)(C)C)cc5c5cc(C(C)(C)C)ccc54)cc2N3c2c([2H])c([2H])c([2H])c([2H])c2[2H])c([2H])c1[2H]. The smallest absolute Gasteiger partial charge is 0.257 e. The zero-order chi connectivity index (χ0) is 64.6. The van der Waals surface area contributed by atoms with E-state index in [2.05, 4.69) is 182 Å². The van der Waals surface area contributed by atoms with Gasteiger partial charge in [0.15, 0.2) is 0 Å². The Morgan fingerprint density at radius 3 is 1.80 bits per heavy atom. The van der Waals surface area contributed by atoms with Crippen molar-refractivity contribution in [2.24, 2.45) is 0 Å². The van der Waals surface area contributed by atoms with Gasteiger partial charge in [-0.3, -0.25) is 0 Å². The summed E-state index contributed by atoms with van der Waals surface area (Å²) < 4.78 is 106. The summed E-state index contributed by atoms with van der Waals surface area (Å²) in [4.78, 5) is 4.09. The summed E-state index contributed by atoms with van der Waals surface area (Å²) in [6.07, 6.45) is 1.95. The normalized spacial score (nSPS) is 17.2. The Kier molecular flexibility index (Phi) is 8.35. The molecule has 13 aromatic rings. The van der Waals surface area contributed by atoms with Crippen LogP contribution in [0.15, 0.2) is 198 Å². The van der Waals surface area contributed by atoms with Crippen LogP contribution in [0.25, 0.3) is 80.7 Å². The number of furan rings is 1. The van der Waals surface area contributed by atoms with Crippen molar-refractivity contribution in [3.8, 4) is 16.8 Å². The average molecular weight is 1090 g/mol. The van der Waals surface area contributed by atoms with E-state index < -0.39 is 67.1 Å². The van der Waals surface area contributed by atoms with Crippen LogP contribution in [0.1, 0.15) is 118 Å². The lowest BCUT2D eigenvalue weighted by molar-refractivity contribution is 0.332. The van der Waals surface area contributed by atoms with Crippen molar-refractivity contribution in [3.63, 3.8) is 0 Å². The third-order valence-corrected chi connectivity index (χ3v) is 19.7. The fraction of sp³-hybridized carbons (Fsp3) is 0.211. The van der Waals surface area contributed by atoms with Gasteiger partial charge in [-0.05, 0) is 169 Å². The van der Waals surface area contributed by atoms with E-state index in [0.717, 1.165) is 93.6 Å². The second kappa shape index (κ2) is 17.1. The van der Waals surface area contributed by atoms with Crippen LogP contribution in [0, 0.1) is 0 Å². The summed E-state index contributed by atoms with van der Waals surface area (Å²) in [6.45, 7) is 21.9. The molecule has 0 saturated carbocycles.